The summed E-state index contributed by atoms with van der Waals surface area (Å²) in [5, 5.41) is 11.5. The number of nitrogens with zero attached hydrogens (tertiary/aromatic N) is 3. The third-order valence-corrected chi connectivity index (χ3v) is 4.18. The average Bonchev–Trinajstić information content (AvgIpc) is 3.09. The van der Waals surface area contributed by atoms with Gasteiger partial charge in [0.25, 0.3) is 0 Å². The van der Waals surface area contributed by atoms with Crippen molar-refractivity contribution in [1.29, 1.82) is 5.26 Å². The van der Waals surface area contributed by atoms with Gasteiger partial charge in [-0.15, -0.1) is 11.3 Å². The second kappa shape index (κ2) is 7.49. The van der Waals surface area contributed by atoms with Crippen LogP contribution in [0.5, 0.6) is 0 Å². The number of carbonyl (C=O) groups excluding carboxylic acids is 1. The Morgan fingerprint density at radius 1 is 1.29 bits per heavy atom. The van der Waals surface area contributed by atoms with E-state index >= 15 is 0 Å². The molecule has 0 saturated heterocycles. The normalized spacial score (nSPS) is 10.1. The van der Waals surface area contributed by atoms with Gasteiger partial charge in [-0.25, -0.2) is 4.98 Å². The Bertz CT molecular complexity index is 885. The molecule has 5 nitrogen and oxygen atoms in total. The summed E-state index contributed by atoms with van der Waals surface area (Å²) in [6.07, 6.45) is 3.56. The fraction of sp³-hybridized carbons (Fsp3) is 0.111. The molecular formula is C18H13N3O2S. The zero-order valence-corrected chi connectivity index (χ0v) is 13.5. The van der Waals surface area contributed by atoms with Crippen LogP contribution in [0.1, 0.15) is 16.8 Å². The summed E-state index contributed by atoms with van der Waals surface area (Å²) in [5.41, 5.74) is 2.94. The Hall–Kier alpha value is -3.04. The van der Waals surface area contributed by atoms with E-state index in [1.165, 1.54) is 11.3 Å². The summed E-state index contributed by atoms with van der Waals surface area (Å²) in [6, 6.07) is 12.8. The van der Waals surface area contributed by atoms with Gasteiger partial charge >= 0.3 is 5.97 Å². The maximum Gasteiger partial charge on any atom is 0.312 e. The molecule has 0 aliphatic carbocycles. The predicted octanol–water partition coefficient (Wildman–Crippen LogP) is 3.36. The molecule has 2 aromatic heterocycles. The van der Waals surface area contributed by atoms with Crippen LogP contribution in [0.15, 0.2) is 54.2 Å². The molecule has 0 spiro atoms. The predicted molar refractivity (Wildman–Crippen MR) is 90.0 cm³/mol. The molecule has 0 radical (unpaired) electrons. The van der Waals surface area contributed by atoms with Crippen LogP contribution in [-0.4, -0.2) is 15.9 Å². The van der Waals surface area contributed by atoms with Crippen molar-refractivity contribution >= 4 is 17.3 Å². The molecule has 0 atom stereocenters. The van der Waals surface area contributed by atoms with Gasteiger partial charge in [0.1, 0.15) is 11.6 Å². The SMILES string of the molecule is N#Cc1cccc(COC(=O)Cc2csc(-c3cccnc3)n2)c1. The Balaban J connectivity index is 1.57. The van der Waals surface area contributed by atoms with Crippen LogP contribution in [0.3, 0.4) is 0 Å². The first-order chi connectivity index (χ1) is 11.7. The number of benzene rings is 1. The molecule has 0 amide bonds. The van der Waals surface area contributed by atoms with Gasteiger partial charge < -0.3 is 4.74 Å². The number of rotatable bonds is 5. The largest absolute Gasteiger partial charge is 0.461 e. The Morgan fingerprint density at radius 2 is 2.21 bits per heavy atom. The van der Waals surface area contributed by atoms with E-state index in [0.717, 1.165) is 16.1 Å². The van der Waals surface area contributed by atoms with Crippen molar-refractivity contribution in [2.75, 3.05) is 0 Å². The molecule has 0 N–H and O–H groups in total. The number of ether oxygens (including phenoxy) is 1. The van der Waals surface area contributed by atoms with E-state index in [9.17, 15) is 4.79 Å². The minimum absolute atomic E-state index is 0.120. The third-order valence-electron chi connectivity index (χ3n) is 3.24. The highest BCUT2D eigenvalue weighted by molar-refractivity contribution is 7.13. The summed E-state index contributed by atoms with van der Waals surface area (Å²) in [4.78, 5) is 20.4. The van der Waals surface area contributed by atoms with Crippen LogP contribution in [0, 0.1) is 11.3 Å². The highest BCUT2D eigenvalue weighted by Gasteiger charge is 2.10. The van der Waals surface area contributed by atoms with Crippen LogP contribution in [-0.2, 0) is 22.6 Å². The van der Waals surface area contributed by atoms with E-state index in [1.807, 2.05) is 23.6 Å². The molecular weight excluding hydrogens is 322 g/mol. The first kappa shape index (κ1) is 15.8. The number of esters is 1. The molecule has 0 bridgehead atoms. The first-order valence-corrected chi connectivity index (χ1v) is 8.12. The molecule has 0 saturated carbocycles. The number of hydrogen-bond acceptors (Lipinski definition) is 6. The third kappa shape index (κ3) is 4.03. The van der Waals surface area contributed by atoms with E-state index in [-0.39, 0.29) is 19.0 Å². The summed E-state index contributed by atoms with van der Waals surface area (Å²) in [6.45, 7) is 0.147. The van der Waals surface area contributed by atoms with E-state index in [4.69, 9.17) is 10.00 Å². The second-order valence-electron chi connectivity index (χ2n) is 5.04. The van der Waals surface area contributed by atoms with E-state index in [1.54, 1.807) is 30.6 Å². The molecule has 0 aliphatic rings. The molecule has 3 rings (SSSR count). The number of hydrogen-bond donors (Lipinski definition) is 0. The quantitative estimate of drug-likeness (QED) is 0.668. The molecule has 1 aromatic carbocycles. The van der Waals surface area contributed by atoms with Gasteiger partial charge in [-0.1, -0.05) is 12.1 Å². The minimum Gasteiger partial charge on any atom is -0.461 e. The molecule has 3 aromatic rings. The monoisotopic (exact) mass is 335 g/mol. The first-order valence-electron chi connectivity index (χ1n) is 7.24. The zero-order chi connectivity index (χ0) is 16.8. The Kier molecular flexibility index (Phi) is 4.94. The van der Waals surface area contributed by atoms with Crippen molar-refractivity contribution in [1.82, 2.24) is 9.97 Å². The van der Waals surface area contributed by atoms with Gasteiger partial charge in [0, 0.05) is 23.3 Å². The average molecular weight is 335 g/mol. The lowest BCUT2D eigenvalue weighted by Gasteiger charge is -2.04. The van der Waals surface area contributed by atoms with Gasteiger partial charge in [-0.05, 0) is 29.8 Å². The Morgan fingerprint density at radius 3 is 3.00 bits per heavy atom. The van der Waals surface area contributed by atoms with Crippen molar-refractivity contribution < 1.29 is 9.53 Å². The fourth-order valence-electron chi connectivity index (χ4n) is 2.10. The summed E-state index contributed by atoms with van der Waals surface area (Å²) < 4.78 is 5.25. The number of carbonyl (C=O) groups is 1. The molecule has 0 aliphatic heterocycles. The van der Waals surface area contributed by atoms with Crippen molar-refractivity contribution in [3.05, 3.63) is 71.0 Å². The number of pyridine rings is 1. The van der Waals surface area contributed by atoms with E-state index < -0.39 is 0 Å². The Labute approximate surface area is 143 Å². The second-order valence-corrected chi connectivity index (χ2v) is 5.89. The highest BCUT2D eigenvalue weighted by atomic mass is 32.1. The van der Waals surface area contributed by atoms with Crippen LogP contribution < -0.4 is 0 Å². The molecule has 6 heteroatoms. The van der Waals surface area contributed by atoms with Crippen LogP contribution in [0.2, 0.25) is 0 Å². The molecule has 2 heterocycles. The summed E-state index contributed by atoms with van der Waals surface area (Å²) in [5.74, 6) is -0.347. The summed E-state index contributed by atoms with van der Waals surface area (Å²) >= 11 is 1.47. The van der Waals surface area contributed by atoms with Gasteiger partial charge in [0.2, 0.25) is 0 Å². The van der Waals surface area contributed by atoms with Gasteiger partial charge in [0.15, 0.2) is 0 Å². The van der Waals surface area contributed by atoms with Gasteiger partial charge in [-0.3, -0.25) is 9.78 Å². The van der Waals surface area contributed by atoms with Crippen molar-refractivity contribution in [2.24, 2.45) is 0 Å². The lowest BCUT2D eigenvalue weighted by molar-refractivity contribution is -0.144. The maximum absolute atomic E-state index is 12.0. The van der Waals surface area contributed by atoms with Crippen LogP contribution in [0.25, 0.3) is 10.6 Å². The standard InChI is InChI=1S/C18H13N3O2S/c19-9-13-3-1-4-14(7-13)11-23-17(22)8-16-12-24-18(21-16)15-5-2-6-20-10-15/h1-7,10,12H,8,11H2. The number of aromatic nitrogens is 2. The fourth-order valence-corrected chi connectivity index (χ4v) is 2.91. The highest BCUT2D eigenvalue weighted by Crippen LogP contribution is 2.22. The van der Waals surface area contributed by atoms with Crippen molar-refractivity contribution in [3.63, 3.8) is 0 Å². The molecule has 0 fully saturated rings. The van der Waals surface area contributed by atoms with E-state index in [0.29, 0.717) is 11.3 Å². The zero-order valence-electron chi connectivity index (χ0n) is 12.7. The van der Waals surface area contributed by atoms with Gasteiger partial charge in [-0.2, -0.15) is 5.26 Å². The summed E-state index contributed by atoms with van der Waals surface area (Å²) in [7, 11) is 0. The van der Waals surface area contributed by atoms with Gasteiger partial charge in [0.05, 0.1) is 23.7 Å². The molecule has 118 valence electrons. The van der Waals surface area contributed by atoms with Crippen LogP contribution >= 0.6 is 11.3 Å². The smallest absolute Gasteiger partial charge is 0.312 e. The lowest BCUT2D eigenvalue weighted by Crippen LogP contribution is -2.08. The molecule has 0 unspecified atom stereocenters. The molecule has 24 heavy (non-hydrogen) atoms. The maximum atomic E-state index is 12.0. The lowest BCUT2D eigenvalue weighted by atomic mass is 10.1. The van der Waals surface area contributed by atoms with Crippen molar-refractivity contribution in [3.8, 4) is 16.6 Å². The van der Waals surface area contributed by atoms with Crippen LogP contribution in [0.4, 0.5) is 0 Å². The van der Waals surface area contributed by atoms with Crippen molar-refractivity contribution in [2.45, 2.75) is 13.0 Å². The number of thiazole rings is 1. The topological polar surface area (TPSA) is 75.9 Å². The van der Waals surface area contributed by atoms with E-state index in [2.05, 4.69) is 16.0 Å². The number of nitriles is 1. The minimum atomic E-state index is -0.347.